The van der Waals surface area contributed by atoms with E-state index in [1.54, 1.807) is 5.57 Å². The van der Waals surface area contributed by atoms with Crippen LogP contribution in [-0.4, -0.2) is 0 Å². The summed E-state index contributed by atoms with van der Waals surface area (Å²) in [5.41, 5.74) is 2.04. The van der Waals surface area contributed by atoms with Crippen molar-refractivity contribution in [2.75, 3.05) is 0 Å². The summed E-state index contributed by atoms with van der Waals surface area (Å²) >= 11 is 0. The van der Waals surface area contributed by atoms with E-state index in [2.05, 4.69) is 33.8 Å². The first-order valence-electron chi connectivity index (χ1n) is 3.72. The van der Waals surface area contributed by atoms with E-state index < -0.39 is 0 Å². The minimum atomic E-state index is 0.472. The topological polar surface area (TPSA) is 0 Å². The third-order valence-corrected chi connectivity index (χ3v) is 3.03. The average Bonchev–Trinajstić information content (AvgIpc) is 1.96. The Morgan fingerprint density at radius 3 is 2.22 bits per heavy atom. The lowest BCUT2D eigenvalue weighted by Gasteiger charge is -2.26. The van der Waals surface area contributed by atoms with Crippen molar-refractivity contribution in [1.29, 1.82) is 0 Å². The zero-order valence-corrected chi connectivity index (χ0v) is 6.86. The molecule has 1 atom stereocenters. The molecule has 0 bridgehead atoms. The second-order valence-corrected chi connectivity index (χ2v) is 3.75. The summed E-state index contributed by atoms with van der Waals surface area (Å²) in [5.74, 6) is 0.845. The van der Waals surface area contributed by atoms with Crippen molar-refractivity contribution in [2.24, 2.45) is 11.3 Å². The molecule has 9 heavy (non-hydrogen) atoms. The van der Waals surface area contributed by atoms with Crippen molar-refractivity contribution in [2.45, 2.75) is 34.1 Å². The third-order valence-electron chi connectivity index (χ3n) is 3.03. The Kier molecular flexibility index (Phi) is 1.42. The minimum Gasteiger partial charge on any atom is -0.0848 e. The van der Waals surface area contributed by atoms with Crippen molar-refractivity contribution in [1.82, 2.24) is 0 Å². The lowest BCUT2D eigenvalue weighted by atomic mass is 9.79. The molecule has 0 radical (unpaired) electrons. The molecule has 0 heteroatoms. The molecule has 0 nitrogen and oxygen atoms in total. The number of hydrogen-bond donors (Lipinski definition) is 0. The highest BCUT2D eigenvalue weighted by molar-refractivity contribution is 5.17. The van der Waals surface area contributed by atoms with Gasteiger partial charge in [0.1, 0.15) is 0 Å². The van der Waals surface area contributed by atoms with Crippen molar-refractivity contribution in [3.63, 3.8) is 0 Å². The molecule has 0 amide bonds. The minimum absolute atomic E-state index is 0.472. The smallest absolute Gasteiger partial charge is 0.0119 e. The van der Waals surface area contributed by atoms with Gasteiger partial charge >= 0.3 is 0 Å². The molecular weight excluding hydrogens is 108 g/mol. The highest BCUT2D eigenvalue weighted by Gasteiger charge is 2.30. The van der Waals surface area contributed by atoms with Gasteiger partial charge in [0.05, 0.1) is 0 Å². The zero-order chi connectivity index (χ0) is 7.07. The molecule has 0 heterocycles. The van der Waals surface area contributed by atoms with Crippen LogP contribution in [0.5, 0.6) is 0 Å². The van der Waals surface area contributed by atoms with Crippen LogP contribution in [0.2, 0.25) is 0 Å². The second-order valence-electron chi connectivity index (χ2n) is 3.75. The summed E-state index contributed by atoms with van der Waals surface area (Å²) in [7, 11) is 0. The van der Waals surface area contributed by atoms with Crippen LogP contribution in [0.4, 0.5) is 0 Å². The molecule has 0 aromatic rings. The molecular formula is C9H16. The Balaban J connectivity index is 2.81. The Labute approximate surface area is 58.0 Å². The van der Waals surface area contributed by atoms with Crippen LogP contribution in [-0.2, 0) is 0 Å². The van der Waals surface area contributed by atoms with Crippen molar-refractivity contribution in [3.8, 4) is 0 Å². The van der Waals surface area contributed by atoms with Crippen LogP contribution < -0.4 is 0 Å². The summed E-state index contributed by atoms with van der Waals surface area (Å²) in [4.78, 5) is 0. The monoisotopic (exact) mass is 124 g/mol. The van der Waals surface area contributed by atoms with Crippen LogP contribution in [0.1, 0.15) is 34.1 Å². The van der Waals surface area contributed by atoms with Gasteiger partial charge in [0.15, 0.2) is 0 Å². The molecule has 52 valence electrons. The Morgan fingerprint density at radius 1 is 1.56 bits per heavy atom. The second kappa shape index (κ2) is 1.86. The SMILES string of the molecule is CC1=CC[C@H](C)C1(C)C. The van der Waals surface area contributed by atoms with Gasteiger partial charge < -0.3 is 0 Å². The van der Waals surface area contributed by atoms with Crippen LogP contribution >= 0.6 is 0 Å². The molecule has 0 spiro atoms. The molecule has 0 saturated heterocycles. The van der Waals surface area contributed by atoms with Gasteiger partial charge in [0.25, 0.3) is 0 Å². The van der Waals surface area contributed by atoms with Crippen LogP contribution in [0.15, 0.2) is 11.6 Å². The van der Waals surface area contributed by atoms with E-state index in [9.17, 15) is 0 Å². The van der Waals surface area contributed by atoms with Gasteiger partial charge in [0, 0.05) is 0 Å². The Bertz CT molecular complexity index is 140. The average molecular weight is 124 g/mol. The van der Waals surface area contributed by atoms with E-state index in [1.165, 1.54) is 6.42 Å². The fourth-order valence-corrected chi connectivity index (χ4v) is 1.30. The highest BCUT2D eigenvalue weighted by atomic mass is 14.4. The predicted octanol–water partition coefficient (Wildman–Crippen LogP) is 3.00. The molecule has 1 rings (SSSR count). The molecule has 1 aliphatic rings. The maximum atomic E-state index is 2.37. The summed E-state index contributed by atoms with van der Waals surface area (Å²) in [6.45, 7) is 9.23. The van der Waals surface area contributed by atoms with Crippen molar-refractivity contribution in [3.05, 3.63) is 11.6 Å². The van der Waals surface area contributed by atoms with E-state index in [4.69, 9.17) is 0 Å². The summed E-state index contributed by atoms with van der Waals surface area (Å²) in [6.07, 6.45) is 3.64. The van der Waals surface area contributed by atoms with E-state index in [1.807, 2.05) is 0 Å². The first-order chi connectivity index (χ1) is 4.05. The molecule has 0 aromatic carbocycles. The standard InChI is InChI=1S/C9H16/c1-7-5-6-8(2)9(7,3)4/h5,8H,6H2,1-4H3/t8-/m0/s1. The maximum absolute atomic E-state index is 2.37. The normalized spacial score (nSPS) is 32.4. The fraction of sp³-hybridized carbons (Fsp3) is 0.778. The quantitative estimate of drug-likeness (QED) is 0.435. The van der Waals surface area contributed by atoms with E-state index in [-0.39, 0.29) is 0 Å². The van der Waals surface area contributed by atoms with Gasteiger partial charge in [-0.15, -0.1) is 0 Å². The maximum Gasteiger partial charge on any atom is -0.0119 e. The van der Waals surface area contributed by atoms with Crippen LogP contribution in [0, 0.1) is 11.3 Å². The van der Waals surface area contributed by atoms with E-state index in [0.717, 1.165) is 5.92 Å². The Hall–Kier alpha value is -0.260. The Morgan fingerprint density at radius 2 is 2.11 bits per heavy atom. The van der Waals surface area contributed by atoms with E-state index >= 15 is 0 Å². The first kappa shape index (κ1) is 6.85. The fourth-order valence-electron chi connectivity index (χ4n) is 1.30. The lowest BCUT2D eigenvalue weighted by molar-refractivity contribution is 0.317. The first-order valence-corrected chi connectivity index (χ1v) is 3.72. The predicted molar refractivity (Wildman–Crippen MR) is 41.3 cm³/mol. The van der Waals surface area contributed by atoms with Gasteiger partial charge in [0.2, 0.25) is 0 Å². The number of allylic oxidation sites excluding steroid dienone is 2. The molecule has 1 aliphatic carbocycles. The third kappa shape index (κ3) is 0.910. The molecule has 0 saturated carbocycles. The van der Waals surface area contributed by atoms with Gasteiger partial charge in [-0.2, -0.15) is 0 Å². The van der Waals surface area contributed by atoms with Gasteiger partial charge in [-0.3, -0.25) is 0 Å². The summed E-state index contributed by atoms with van der Waals surface area (Å²) < 4.78 is 0. The molecule has 0 N–H and O–H groups in total. The van der Waals surface area contributed by atoms with Crippen LogP contribution in [0.25, 0.3) is 0 Å². The summed E-state index contributed by atoms with van der Waals surface area (Å²) in [5, 5.41) is 0. The molecule has 0 aliphatic heterocycles. The molecule has 0 aromatic heterocycles. The van der Waals surface area contributed by atoms with Crippen molar-refractivity contribution >= 4 is 0 Å². The number of hydrogen-bond acceptors (Lipinski definition) is 0. The van der Waals surface area contributed by atoms with Gasteiger partial charge in [-0.1, -0.05) is 32.4 Å². The molecule has 0 fully saturated rings. The van der Waals surface area contributed by atoms with E-state index in [0.29, 0.717) is 5.41 Å². The summed E-state index contributed by atoms with van der Waals surface area (Å²) in [6, 6.07) is 0. The van der Waals surface area contributed by atoms with Gasteiger partial charge in [-0.25, -0.2) is 0 Å². The van der Waals surface area contributed by atoms with Gasteiger partial charge in [-0.05, 0) is 24.7 Å². The number of rotatable bonds is 0. The zero-order valence-electron chi connectivity index (χ0n) is 6.86. The van der Waals surface area contributed by atoms with Crippen molar-refractivity contribution < 1.29 is 0 Å². The lowest BCUT2D eigenvalue weighted by Crippen LogP contribution is -2.16. The van der Waals surface area contributed by atoms with Crippen LogP contribution in [0.3, 0.4) is 0 Å². The molecule has 0 unspecified atom stereocenters. The largest absolute Gasteiger partial charge is 0.0848 e. The highest BCUT2D eigenvalue weighted by Crippen LogP contribution is 2.42.